The molecule has 0 bridgehead atoms. The lowest BCUT2D eigenvalue weighted by atomic mass is 10.0. The number of aromatic hydroxyl groups is 1. The molecule has 1 atom stereocenters. The molecule has 0 aliphatic heterocycles. The molecule has 0 aliphatic carbocycles. The molecule has 0 saturated carbocycles. The summed E-state index contributed by atoms with van der Waals surface area (Å²) in [6.45, 7) is 1.48. The van der Waals surface area contributed by atoms with Gasteiger partial charge in [0, 0.05) is 5.69 Å². The fourth-order valence-electron chi connectivity index (χ4n) is 2.65. The van der Waals surface area contributed by atoms with Crippen molar-refractivity contribution in [2.75, 3.05) is 5.32 Å². The number of phenols is 1. The molecule has 6 heteroatoms. The quantitative estimate of drug-likeness (QED) is 0.643. The number of nitriles is 1. The van der Waals surface area contributed by atoms with Crippen molar-refractivity contribution in [2.24, 2.45) is 0 Å². The first kappa shape index (κ1) is 19.6. The smallest absolute Gasteiger partial charge is 0.338 e. The van der Waals surface area contributed by atoms with Crippen LogP contribution in [0.4, 0.5) is 5.69 Å². The lowest BCUT2D eigenvalue weighted by Crippen LogP contribution is -2.30. The van der Waals surface area contributed by atoms with Crippen LogP contribution in [0.15, 0.2) is 72.8 Å². The van der Waals surface area contributed by atoms with Crippen LogP contribution in [0, 0.1) is 11.3 Å². The number of rotatable bonds is 5. The lowest BCUT2D eigenvalue weighted by molar-refractivity contribution is -0.123. The van der Waals surface area contributed by atoms with Crippen molar-refractivity contribution in [1.29, 1.82) is 5.26 Å². The number of nitrogens with zero attached hydrogens (tertiary/aromatic N) is 1. The van der Waals surface area contributed by atoms with E-state index < -0.39 is 18.0 Å². The molecule has 0 saturated heterocycles. The summed E-state index contributed by atoms with van der Waals surface area (Å²) in [7, 11) is 0. The van der Waals surface area contributed by atoms with Crippen LogP contribution >= 0.6 is 0 Å². The first-order chi connectivity index (χ1) is 14.0. The second-order valence-electron chi connectivity index (χ2n) is 6.35. The Morgan fingerprint density at radius 2 is 1.62 bits per heavy atom. The van der Waals surface area contributed by atoms with E-state index in [-0.39, 0.29) is 5.75 Å². The molecule has 0 aliphatic rings. The number of hydrogen-bond acceptors (Lipinski definition) is 5. The van der Waals surface area contributed by atoms with E-state index in [1.54, 1.807) is 66.7 Å². The van der Waals surface area contributed by atoms with Gasteiger partial charge in [0.1, 0.15) is 5.75 Å². The average Bonchev–Trinajstić information content (AvgIpc) is 2.74. The van der Waals surface area contributed by atoms with E-state index in [1.807, 2.05) is 6.07 Å². The maximum absolute atomic E-state index is 12.3. The monoisotopic (exact) mass is 386 g/mol. The van der Waals surface area contributed by atoms with Gasteiger partial charge in [0.2, 0.25) is 0 Å². The van der Waals surface area contributed by atoms with Gasteiger partial charge < -0.3 is 15.2 Å². The molecule has 3 rings (SSSR count). The molecular formula is C23H18N2O4. The molecule has 3 aromatic rings. The summed E-state index contributed by atoms with van der Waals surface area (Å²) in [5.41, 5.74) is 2.97. The van der Waals surface area contributed by atoms with Crippen molar-refractivity contribution in [3.8, 4) is 22.9 Å². The molecule has 1 amide bonds. The largest absolute Gasteiger partial charge is 0.508 e. The van der Waals surface area contributed by atoms with Crippen LogP contribution in [0.25, 0.3) is 11.1 Å². The van der Waals surface area contributed by atoms with Gasteiger partial charge in [0.15, 0.2) is 6.10 Å². The van der Waals surface area contributed by atoms with Crippen LogP contribution in [-0.4, -0.2) is 23.1 Å². The first-order valence-corrected chi connectivity index (χ1v) is 8.88. The normalized spacial score (nSPS) is 11.2. The second kappa shape index (κ2) is 8.72. The Morgan fingerprint density at radius 1 is 1.00 bits per heavy atom. The zero-order valence-electron chi connectivity index (χ0n) is 15.6. The Morgan fingerprint density at radius 3 is 2.24 bits per heavy atom. The summed E-state index contributed by atoms with van der Waals surface area (Å²) in [5, 5.41) is 20.9. The number of hydrogen-bond donors (Lipinski definition) is 2. The van der Waals surface area contributed by atoms with E-state index in [0.29, 0.717) is 16.8 Å². The summed E-state index contributed by atoms with van der Waals surface area (Å²) in [6.07, 6.45) is -1.01. The Bertz CT molecular complexity index is 1070. The van der Waals surface area contributed by atoms with Gasteiger partial charge in [-0.05, 0) is 60.5 Å². The highest BCUT2D eigenvalue weighted by molar-refractivity contribution is 5.97. The van der Waals surface area contributed by atoms with Crippen molar-refractivity contribution >= 4 is 17.6 Å². The van der Waals surface area contributed by atoms with Gasteiger partial charge in [0.25, 0.3) is 5.91 Å². The molecule has 0 spiro atoms. The molecule has 0 radical (unpaired) electrons. The van der Waals surface area contributed by atoms with Crippen molar-refractivity contribution in [3.05, 3.63) is 83.9 Å². The van der Waals surface area contributed by atoms with Gasteiger partial charge >= 0.3 is 5.97 Å². The van der Waals surface area contributed by atoms with Crippen LogP contribution in [0.2, 0.25) is 0 Å². The van der Waals surface area contributed by atoms with Crippen LogP contribution in [-0.2, 0) is 9.53 Å². The predicted molar refractivity (Wildman–Crippen MR) is 108 cm³/mol. The third-order valence-corrected chi connectivity index (χ3v) is 4.23. The van der Waals surface area contributed by atoms with Crippen LogP contribution in [0.1, 0.15) is 22.8 Å². The van der Waals surface area contributed by atoms with E-state index in [1.165, 1.54) is 13.0 Å². The van der Waals surface area contributed by atoms with Gasteiger partial charge in [-0.2, -0.15) is 5.26 Å². The van der Waals surface area contributed by atoms with E-state index in [9.17, 15) is 14.7 Å². The number of amides is 1. The van der Waals surface area contributed by atoms with E-state index in [0.717, 1.165) is 11.1 Å². The number of carbonyl (C=O) groups excluding carboxylic acids is 2. The Labute approximate surface area is 168 Å². The summed E-state index contributed by atoms with van der Waals surface area (Å²) in [6, 6.07) is 21.9. The maximum Gasteiger partial charge on any atom is 0.338 e. The Kier molecular flexibility index (Phi) is 5.91. The third kappa shape index (κ3) is 4.99. The summed E-state index contributed by atoms with van der Waals surface area (Å²) in [5.74, 6) is -0.926. The van der Waals surface area contributed by atoms with Crippen LogP contribution in [0.5, 0.6) is 5.75 Å². The predicted octanol–water partition coefficient (Wildman–Crippen LogP) is 4.11. The SMILES string of the molecule is CC(OC(=O)c1ccc(-c2ccc(O)cc2)cc1)C(=O)Nc1cccc(C#N)c1. The molecule has 0 fully saturated rings. The maximum atomic E-state index is 12.3. The highest BCUT2D eigenvalue weighted by Gasteiger charge is 2.19. The zero-order chi connectivity index (χ0) is 20.8. The minimum Gasteiger partial charge on any atom is -0.508 e. The van der Waals surface area contributed by atoms with Crippen molar-refractivity contribution in [3.63, 3.8) is 0 Å². The molecule has 29 heavy (non-hydrogen) atoms. The van der Waals surface area contributed by atoms with E-state index in [2.05, 4.69) is 5.32 Å². The van der Waals surface area contributed by atoms with Crippen LogP contribution < -0.4 is 5.32 Å². The Hall–Kier alpha value is -4.11. The van der Waals surface area contributed by atoms with Gasteiger partial charge in [-0.15, -0.1) is 0 Å². The highest BCUT2D eigenvalue weighted by atomic mass is 16.5. The number of nitrogens with one attached hydrogen (secondary N) is 1. The number of esters is 1. The van der Waals surface area contributed by atoms with Crippen molar-refractivity contribution in [2.45, 2.75) is 13.0 Å². The molecular weight excluding hydrogens is 368 g/mol. The summed E-state index contributed by atoms with van der Waals surface area (Å²) < 4.78 is 5.24. The summed E-state index contributed by atoms with van der Waals surface area (Å²) in [4.78, 5) is 24.6. The fourth-order valence-corrected chi connectivity index (χ4v) is 2.65. The topological polar surface area (TPSA) is 99.4 Å². The molecule has 3 aromatic carbocycles. The standard InChI is InChI=1S/C23H18N2O4/c1-15(22(27)25-20-4-2-3-16(13-20)14-24)29-23(28)19-7-5-17(6-8-19)18-9-11-21(26)12-10-18/h2-13,15,26H,1H3,(H,25,27). The third-order valence-electron chi connectivity index (χ3n) is 4.23. The molecule has 144 valence electrons. The molecule has 0 aromatic heterocycles. The molecule has 0 heterocycles. The van der Waals surface area contributed by atoms with Gasteiger partial charge in [-0.3, -0.25) is 4.79 Å². The number of benzene rings is 3. The Balaban J connectivity index is 1.62. The molecule has 1 unspecified atom stereocenters. The van der Waals surface area contributed by atoms with Gasteiger partial charge in [-0.1, -0.05) is 30.3 Å². The van der Waals surface area contributed by atoms with Crippen molar-refractivity contribution in [1.82, 2.24) is 0 Å². The number of carbonyl (C=O) groups is 2. The van der Waals surface area contributed by atoms with Gasteiger partial charge in [-0.25, -0.2) is 4.79 Å². The van der Waals surface area contributed by atoms with Crippen LogP contribution in [0.3, 0.4) is 0 Å². The molecule has 2 N–H and O–H groups in total. The van der Waals surface area contributed by atoms with E-state index >= 15 is 0 Å². The second-order valence-corrected chi connectivity index (χ2v) is 6.35. The fraction of sp³-hybridized carbons (Fsp3) is 0.0870. The highest BCUT2D eigenvalue weighted by Crippen LogP contribution is 2.22. The minimum atomic E-state index is -1.01. The number of phenolic OH excluding ortho intramolecular Hbond substituents is 1. The van der Waals surface area contributed by atoms with Gasteiger partial charge in [0.05, 0.1) is 17.2 Å². The lowest BCUT2D eigenvalue weighted by Gasteiger charge is -2.14. The average molecular weight is 386 g/mol. The first-order valence-electron chi connectivity index (χ1n) is 8.88. The number of ether oxygens (including phenoxy) is 1. The number of anilines is 1. The van der Waals surface area contributed by atoms with E-state index in [4.69, 9.17) is 10.00 Å². The summed E-state index contributed by atoms with van der Waals surface area (Å²) >= 11 is 0. The zero-order valence-corrected chi connectivity index (χ0v) is 15.6. The molecule has 6 nitrogen and oxygen atoms in total. The minimum absolute atomic E-state index is 0.181. The van der Waals surface area contributed by atoms with Crippen molar-refractivity contribution < 1.29 is 19.4 Å².